The molecule has 1 aliphatic heterocycles. The molecule has 4 nitrogen and oxygen atoms in total. The minimum atomic E-state index is -1.03. The van der Waals surface area contributed by atoms with Crippen LogP contribution in [0.2, 0.25) is 5.02 Å². The van der Waals surface area contributed by atoms with Crippen molar-refractivity contribution in [3.05, 3.63) is 129 Å². The largest absolute Gasteiger partial charge is 0.478 e. The number of hydrogen-bond donors (Lipinski definition) is 1. The summed E-state index contributed by atoms with van der Waals surface area (Å²) in [6.07, 6.45) is 0.760. The van der Waals surface area contributed by atoms with Crippen molar-refractivity contribution in [2.24, 2.45) is 0 Å². The number of aliphatic carboxylic acids is 1. The second kappa shape index (κ2) is 10.6. The first kappa shape index (κ1) is 24.3. The topological polar surface area (TPSA) is 64.3 Å². The Bertz CT molecular complexity index is 1280. The predicted molar refractivity (Wildman–Crippen MR) is 139 cm³/mol. The van der Waals surface area contributed by atoms with Crippen molar-refractivity contribution in [3.8, 4) is 6.07 Å². The second-order valence-electron chi connectivity index (χ2n) is 8.72. The summed E-state index contributed by atoms with van der Waals surface area (Å²) < 4.78 is 0. The number of nitrogens with zero attached hydrogens (tertiary/aromatic N) is 2. The molecule has 0 saturated heterocycles. The third kappa shape index (κ3) is 5.01. The maximum Gasteiger partial charge on any atom is 0.334 e. The standard InChI is InChI=1S/C30H27ClN2O2/c1-20-27(19-32)29(24-14-9-15-25(31)18-24)28(30(34)35)21(2)33(20)17-16-26(22-10-5-3-6-11-22)23-12-7-4-8-13-23/h3-15,18,26,29H,16-17H2,1-2H3,(H,34,35). The molecule has 0 aromatic heterocycles. The normalized spacial score (nSPS) is 16.0. The number of benzene rings is 3. The fourth-order valence-corrected chi connectivity index (χ4v) is 5.24. The van der Waals surface area contributed by atoms with E-state index >= 15 is 0 Å². The van der Waals surface area contributed by atoms with Gasteiger partial charge in [0, 0.05) is 28.9 Å². The Balaban J connectivity index is 1.73. The van der Waals surface area contributed by atoms with Crippen LogP contribution in [0.3, 0.4) is 0 Å². The van der Waals surface area contributed by atoms with E-state index in [0.717, 1.165) is 12.1 Å². The Labute approximate surface area is 211 Å². The third-order valence-electron chi connectivity index (χ3n) is 6.74. The van der Waals surface area contributed by atoms with E-state index in [0.29, 0.717) is 28.4 Å². The van der Waals surface area contributed by atoms with E-state index in [9.17, 15) is 15.2 Å². The van der Waals surface area contributed by atoms with Crippen LogP contribution in [0.4, 0.5) is 0 Å². The van der Waals surface area contributed by atoms with Gasteiger partial charge in [0.2, 0.25) is 0 Å². The van der Waals surface area contributed by atoms with Crippen molar-refractivity contribution < 1.29 is 9.90 Å². The molecule has 0 spiro atoms. The van der Waals surface area contributed by atoms with Gasteiger partial charge in [-0.1, -0.05) is 84.4 Å². The zero-order chi connectivity index (χ0) is 24.9. The Morgan fingerprint density at radius 3 is 2.09 bits per heavy atom. The summed E-state index contributed by atoms with van der Waals surface area (Å²) in [6.45, 7) is 4.31. The summed E-state index contributed by atoms with van der Waals surface area (Å²) in [5.74, 6) is -1.55. The Hall–Kier alpha value is -3.81. The first-order valence-corrected chi connectivity index (χ1v) is 12.0. The number of allylic oxidation sites excluding steroid dienone is 3. The highest BCUT2D eigenvalue weighted by atomic mass is 35.5. The number of carboxylic acid groups (broad SMARTS) is 1. The second-order valence-corrected chi connectivity index (χ2v) is 9.15. The van der Waals surface area contributed by atoms with Crippen molar-refractivity contribution in [3.63, 3.8) is 0 Å². The molecule has 1 unspecified atom stereocenters. The highest BCUT2D eigenvalue weighted by Crippen LogP contribution is 2.42. The van der Waals surface area contributed by atoms with Crippen LogP contribution in [0.25, 0.3) is 0 Å². The first-order chi connectivity index (χ1) is 16.9. The van der Waals surface area contributed by atoms with Gasteiger partial charge >= 0.3 is 5.97 Å². The summed E-state index contributed by atoms with van der Waals surface area (Å²) in [7, 11) is 0. The van der Waals surface area contributed by atoms with E-state index in [1.54, 1.807) is 18.2 Å². The Morgan fingerprint density at radius 1 is 0.971 bits per heavy atom. The number of rotatable bonds is 7. The summed E-state index contributed by atoms with van der Waals surface area (Å²) in [6, 6.07) is 30.0. The van der Waals surface area contributed by atoms with Gasteiger partial charge in [0.05, 0.1) is 23.1 Å². The fourth-order valence-electron chi connectivity index (χ4n) is 5.04. The number of hydrogen-bond acceptors (Lipinski definition) is 3. The lowest BCUT2D eigenvalue weighted by Gasteiger charge is -2.37. The number of carboxylic acids is 1. The zero-order valence-electron chi connectivity index (χ0n) is 19.8. The minimum absolute atomic E-state index is 0.141. The number of halogens is 1. The van der Waals surface area contributed by atoms with Gasteiger partial charge in [-0.2, -0.15) is 5.26 Å². The molecule has 0 radical (unpaired) electrons. The van der Waals surface area contributed by atoms with Crippen molar-refractivity contribution in [1.82, 2.24) is 4.90 Å². The minimum Gasteiger partial charge on any atom is -0.478 e. The van der Waals surface area contributed by atoms with Crippen molar-refractivity contribution in [1.29, 1.82) is 5.26 Å². The van der Waals surface area contributed by atoms with Gasteiger partial charge in [0.1, 0.15) is 0 Å². The van der Waals surface area contributed by atoms with E-state index in [-0.39, 0.29) is 11.5 Å². The average Bonchev–Trinajstić information content (AvgIpc) is 2.86. The van der Waals surface area contributed by atoms with Gasteiger partial charge in [-0.05, 0) is 49.1 Å². The van der Waals surface area contributed by atoms with Crippen LogP contribution >= 0.6 is 11.6 Å². The molecule has 176 valence electrons. The van der Waals surface area contributed by atoms with Gasteiger partial charge in [0.15, 0.2) is 0 Å². The number of nitriles is 1. The highest BCUT2D eigenvalue weighted by Gasteiger charge is 2.36. The molecule has 1 N–H and O–H groups in total. The van der Waals surface area contributed by atoms with Crippen molar-refractivity contribution in [2.45, 2.75) is 32.1 Å². The molecule has 5 heteroatoms. The summed E-state index contributed by atoms with van der Waals surface area (Å²) >= 11 is 6.21. The fraction of sp³-hybridized carbons (Fsp3) is 0.200. The molecule has 3 aromatic rings. The molecule has 35 heavy (non-hydrogen) atoms. The summed E-state index contributed by atoms with van der Waals surface area (Å²) in [5.41, 5.74) is 5.19. The molecule has 1 heterocycles. The zero-order valence-corrected chi connectivity index (χ0v) is 20.5. The van der Waals surface area contributed by atoms with Gasteiger partial charge in [0.25, 0.3) is 0 Å². The molecule has 4 rings (SSSR count). The lowest BCUT2D eigenvalue weighted by Crippen LogP contribution is -2.33. The molecular weight excluding hydrogens is 456 g/mol. The Kier molecular flexibility index (Phi) is 7.39. The lowest BCUT2D eigenvalue weighted by atomic mass is 9.80. The van der Waals surface area contributed by atoms with E-state index in [1.165, 1.54) is 11.1 Å². The molecule has 0 amide bonds. The molecular formula is C30H27ClN2O2. The Morgan fingerprint density at radius 2 is 1.57 bits per heavy atom. The highest BCUT2D eigenvalue weighted by molar-refractivity contribution is 6.30. The molecule has 0 aliphatic carbocycles. The van der Waals surface area contributed by atoms with Crippen LogP contribution in [-0.4, -0.2) is 22.5 Å². The van der Waals surface area contributed by atoms with E-state index < -0.39 is 11.9 Å². The summed E-state index contributed by atoms with van der Waals surface area (Å²) in [4.78, 5) is 14.5. The molecule has 0 fully saturated rings. The molecule has 1 aliphatic rings. The molecule has 0 saturated carbocycles. The van der Waals surface area contributed by atoms with Crippen LogP contribution in [0.15, 0.2) is 107 Å². The maximum absolute atomic E-state index is 12.5. The quantitative estimate of drug-likeness (QED) is 0.389. The summed E-state index contributed by atoms with van der Waals surface area (Å²) in [5, 5.41) is 20.8. The first-order valence-electron chi connectivity index (χ1n) is 11.6. The van der Waals surface area contributed by atoms with Crippen LogP contribution < -0.4 is 0 Å². The molecule has 3 aromatic carbocycles. The van der Waals surface area contributed by atoms with Crippen molar-refractivity contribution >= 4 is 17.6 Å². The van der Waals surface area contributed by atoms with Crippen LogP contribution in [-0.2, 0) is 4.79 Å². The van der Waals surface area contributed by atoms with E-state index in [2.05, 4.69) is 30.3 Å². The van der Waals surface area contributed by atoms with Crippen LogP contribution in [0.5, 0.6) is 0 Å². The van der Waals surface area contributed by atoms with Crippen LogP contribution in [0, 0.1) is 11.3 Å². The van der Waals surface area contributed by atoms with Gasteiger partial charge in [-0.3, -0.25) is 0 Å². The van der Waals surface area contributed by atoms with Gasteiger partial charge in [-0.25, -0.2) is 4.79 Å². The van der Waals surface area contributed by atoms with E-state index in [1.807, 2.05) is 61.2 Å². The molecule has 0 bridgehead atoms. The monoisotopic (exact) mass is 482 g/mol. The SMILES string of the molecule is CC1=C(C#N)C(c2cccc(Cl)c2)C(C(=O)O)=C(C)N1CCC(c1ccccc1)c1ccccc1. The third-order valence-corrected chi connectivity index (χ3v) is 6.98. The maximum atomic E-state index is 12.5. The van der Waals surface area contributed by atoms with Crippen molar-refractivity contribution in [2.75, 3.05) is 6.54 Å². The molecule has 1 atom stereocenters. The predicted octanol–water partition coefficient (Wildman–Crippen LogP) is 7.12. The van der Waals surface area contributed by atoms with Gasteiger partial charge < -0.3 is 10.0 Å². The van der Waals surface area contributed by atoms with Gasteiger partial charge in [-0.15, -0.1) is 0 Å². The average molecular weight is 483 g/mol. The van der Waals surface area contributed by atoms with E-state index in [4.69, 9.17) is 11.6 Å². The lowest BCUT2D eigenvalue weighted by molar-refractivity contribution is -0.133. The smallest absolute Gasteiger partial charge is 0.334 e. The number of carbonyl (C=O) groups is 1. The van der Waals surface area contributed by atoms with Crippen LogP contribution in [0.1, 0.15) is 48.8 Å².